The number of urea groups is 1. The van der Waals surface area contributed by atoms with Gasteiger partial charge >= 0.3 is 12.0 Å². The zero-order chi connectivity index (χ0) is 30.2. The number of hydrogen-bond acceptors (Lipinski definition) is 7. The van der Waals surface area contributed by atoms with E-state index in [1.165, 1.54) is 14.2 Å². The summed E-state index contributed by atoms with van der Waals surface area (Å²) in [5.74, 6) is 0.647. The maximum Gasteiger partial charge on any atom is 0.337 e. The molecule has 0 aromatic heterocycles. The lowest BCUT2D eigenvalue weighted by molar-refractivity contribution is -0.131. The minimum Gasteiger partial charge on any atom is -0.495 e. The van der Waals surface area contributed by atoms with Crippen LogP contribution in [-0.2, 0) is 16.0 Å². The first-order chi connectivity index (χ1) is 20.2. The topological polar surface area (TPSA) is 109 Å². The molecule has 0 bridgehead atoms. The zero-order valence-electron chi connectivity index (χ0n) is 24.7. The number of ether oxygens (including phenoxy) is 3. The van der Waals surface area contributed by atoms with Gasteiger partial charge < -0.3 is 34.6 Å². The highest BCUT2D eigenvalue weighted by atomic mass is 16.5. The minimum absolute atomic E-state index is 0.0194. The number of aryl methyl sites for hydroxylation is 1. The predicted octanol–water partition coefficient (Wildman–Crippen LogP) is 4.59. The highest BCUT2D eigenvalue weighted by molar-refractivity contribution is 6.01. The van der Waals surface area contributed by atoms with Crippen LogP contribution in [0.3, 0.4) is 0 Å². The average Bonchev–Trinajstić information content (AvgIpc) is 3.43. The Morgan fingerprint density at radius 1 is 0.952 bits per heavy atom. The van der Waals surface area contributed by atoms with Crippen molar-refractivity contribution >= 4 is 29.3 Å². The van der Waals surface area contributed by atoms with Crippen LogP contribution in [0, 0.1) is 6.92 Å². The highest BCUT2D eigenvalue weighted by Crippen LogP contribution is 2.28. The summed E-state index contributed by atoms with van der Waals surface area (Å²) in [6.45, 7) is 2.84. The summed E-state index contributed by atoms with van der Waals surface area (Å²) in [4.78, 5) is 41.8. The molecular formula is C32H38N4O6. The van der Waals surface area contributed by atoms with Crippen LogP contribution in [0.2, 0.25) is 0 Å². The molecule has 0 radical (unpaired) electrons. The van der Waals surface area contributed by atoms with Gasteiger partial charge in [0.2, 0.25) is 5.91 Å². The molecule has 10 heteroatoms. The molecule has 2 atom stereocenters. The maximum absolute atomic E-state index is 13.5. The summed E-state index contributed by atoms with van der Waals surface area (Å²) in [5, 5.41) is 5.67. The van der Waals surface area contributed by atoms with Crippen molar-refractivity contribution in [1.82, 2.24) is 9.80 Å². The van der Waals surface area contributed by atoms with E-state index in [2.05, 4.69) is 15.5 Å². The lowest BCUT2D eigenvalue weighted by Crippen LogP contribution is -2.40. The van der Waals surface area contributed by atoms with Crippen molar-refractivity contribution < 1.29 is 28.6 Å². The third kappa shape index (κ3) is 7.58. The number of anilines is 2. The summed E-state index contributed by atoms with van der Waals surface area (Å²) in [6, 6.07) is 19.3. The van der Waals surface area contributed by atoms with Crippen molar-refractivity contribution in [2.24, 2.45) is 0 Å². The molecule has 1 heterocycles. The smallest absolute Gasteiger partial charge is 0.337 e. The second kappa shape index (κ2) is 13.9. The molecule has 222 valence electrons. The number of benzene rings is 3. The molecule has 0 saturated carbocycles. The molecule has 0 aliphatic carbocycles. The Labute approximate surface area is 246 Å². The predicted molar refractivity (Wildman–Crippen MR) is 161 cm³/mol. The molecule has 0 spiro atoms. The van der Waals surface area contributed by atoms with Gasteiger partial charge in [-0.3, -0.25) is 4.79 Å². The van der Waals surface area contributed by atoms with Crippen molar-refractivity contribution in [3.63, 3.8) is 0 Å². The lowest BCUT2D eigenvalue weighted by Gasteiger charge is -2.25. The Hall–Kier alpha value is -4.57. The van der Waals surface area contributed by atoms with Gasteiger partial charge in [-0.25, -0.2) is 9.59 Å². The summed E-state index contributed by atoms with van der Waals surface area (Å²) in [7, 11) is 6.88. The van der Waals surface area contributed by atoms with Crippen LogP contribution in [0.15, 0.2) is 66.7 Å². The first-order valence-electron chi connectivity index (χ1n) is 13.8. The van der Waals surface area contributed by atoms with Crippen molar-refractivity contribution in [2.75, 3.05) is 52.1 Å². The van der Waals surface area contributed by atoms with Crippen molar-refractivity contribution in [3.8, 4) is 11.5 Å². The quantitative estimate of drug-likeness (QED) is 0.341. The molecule has 3 aromatic carbocycles. The van der Waals surface area contributed by atoms with Crippen LogP contribution in [0.4, 0.5) is 16.2 Å². The van der Waals surface area contributed by atoms with Gasteiger partial charge in [-0.2, -0.15) is 0 Å². The fourth-order valence-corrected chi connectivity index (χ4v) is 4.94. The van der Waals surface area contributed by atoms with Crippen LogP contribution >= 0.6 is 0 Å². The summed E-state index contributed by atoms with van der Waals surface area (Å²) >= 11 is 0. The summed E-state index contributed by atoms with van der Waals surface area (Å²) < 4.78 is 16.3. The molecule has 1 aliphatic rings. The van der Waals surface area contributed by atoms with E-state index in [-0.39, 0.29) is 30.4 Å². The van der Waals surface area contributed by atoms with E-state index < -0.39 is 5.97 Å². The fraction of sp³-hybridized carbons (Fsp3) is 0.344. The number of carbonyl (C=O) groups excluding carboxylic acids is 3. The van der Waals surface area contributed by atoms with Gasteiger partial charge in [0.05, 0.1) is 37.9 Å². The number of esters is 1. The number of likely N-dealkylation sites (tertiary alicyclic amines) is 1. The van der Waals surface area contributed by atoms with Crippen LogP contribution in [-0.4, -0.2) is 81.3 Å². The van der Waals surface area contributed by atoms with E-state index in [0.29, 0.717) is 35.9 Å². The number of nitrogens with zero attached hydrogens (tertiary/aromatic N) is 2. The number of likely N-dealkylation sites (N-methyl/N-ethyl adjacent to an activating group) is 1. The molecule has 2 N–H and O–H groups in total. The maximum atomic E-state index is 13.5. The number of carbonyl (C=O) groups is 3. The average molecular weight is 575 g/mol. The largest absolute Gasteiger partial charge is 0.495 e. The standard InChI is InChI=1S/C32H38N4O6/c1-21-8-6-7-9-27(21)33-32(39)34-28-15-10-22(16-29(28)40-4)17-30(37)36-19-24(35(2)3)18-25(36)20-42-26-13-11-23(12-14-26)31(38)41-5/h6-16,24-25H,17-20H2,1-5H3,(H2,33,34,39). The number of para-hydroxylation sites is 1. The Bertz CT molecular complexity index is 1410. The summed E-state index contributed by atoms with van der Waals surface area (Å²) in [6.07, 6.45) is 0.956. The molecular weight excluding hydrogens is 536 g/mol. The molecule has 4 rings (SSSR count). The van der Waals surface area contributed by atoms with Gasteiger partial charge in [0, 0.05) is 18.3 Å². The van der Waals surface area contributed by atoms with Gasteiger partial charge in [0.25, 0.3) is 0 Å². The van der Waals surface area contributed by atoms with Gasteiger partial charge in [0.15, 0.2) is 0 Å². The first kappa shape index (κ1) is 30.4. The molecule has 2 unspecified atom stereocenters. The van der Waals surface area contributed by atoms with Crippen LogP contribution in [0.1, 0.15) is 27.9 Å². The zero-order valence-corrected chi connectivity index (χ0v) is 24.7. The Morgan fingerprint density at radius 3 is 2.33 bits per heavy atom. The second-order valence-electron chi connectivity index (χ2n) is 10.5. The van der Waals surface area contributed by atoms with Crippen molar-refractivity contribution in [2.45, 2.75) is 31.8 Å². The number of amides is 3. The lowest BCUT2D eigenvalue weighted by atomic mass is 10.1. The van der Waals surface area contributed by atoms with Crippen molar-refractivity contribution in [1.29, 1.82) is 0 Å². The number of methoxy groups -OCH3 is 2. The molecule has 1 fully saturated rings. The normalized spacial score (nSPS) is 16.2. The van der Waals surface area contributed by atoms with E-state index in [0.717, 1.165) is 23.2 Å². The Morgan fingerprint density at radius 2 is 1.67 bits per heavy atom. The molecule has 1 saturated heterocycles. The molecule has 10 nitrogen and oxygen atoms in total. The first-order valence-corrected chi connectivity index (χ1v) is 13.8. The van der Waals surface area contributed by atoms with E-state index >= 15 is 0 Å². The number of hydrogen-bond donors (Lipinski definition) is 2. The van der Waals surface area contributed by atoms with E-state index in [4.69, 9.17) is 14.2 Å². The highest BCUT2D eigenvalue weighted by Gasteiger charge is 2.36. The van der Waals surface area contributed by atoms with Crippen LogP contribution in [0.5, 0.6) is 11.5 Å². The van der Waals surface area contributed by atoms with Gasteiger partial charge in [-0.05, 0) is 81.0 Å². The number of rotatable bonds is 10. The molecule has 1 aliphatic heterocycles. The van der Waals surface area contributed by atoms with Crippen LogP contribution < -0.4 is 20.1 Å². The Kier molecular flexibility index (Phi) is 10.0. The fourth-order valence-electron chi connectivity index (χ4n) is 4.94. The monoisotopic (exact) mass is 574 g/mol. The SMILES string of the molecule is COC(=O)c1ccc(OCC2CC(N(C)C)CN2C(=O)Cc2ccc(NC(=O)Nc3ccccc3C)c(OC)c2)cc1. The van der Waals surface area contributed by atoms with Gasteiger partial charge in [0.1, 0.15) is 18.1 Å². The minimum atomic E-state index is -0.408. The van der Waals surface area contributed by atoms with Crippen molar-refractivity contribution in [3.05, 3.63) is 83.4 Å². The van der Waals surface area contributed by atoms with Crippen LogP contribution in [0.25, 0.3) is 0 Å². The second-order valence-corrected chi connectivity index (χ2v) is 10.5. The Balaban J connectivity index is 1.40. The molecule has 3 amide bonds. The number of nitrogens with one attached hydrogen (secondary N) is 2. The van der Waals surface area contributed by atoms with Gasteiger partial charge in [-0.1, -0.05) is 24.3 Å². The third-order valence-corrected chi connectivity index (χ3v) is 7.42. The van der Waals surface area contributed by atoms with E-state index in [9.17, 15) is 14.4 Å². The molecule has 42 heavy (non-hydrogen) atoms. The third-order valence-electron chi connectivity index (χ3n) is 7.42. The van der Waals surface area contributed by atoms with E-state index in [1.807, 2.05) is 56.3 Å². The summed E-state index contributed by atoms with van der Waals surface area (Å²) in [5.41, 5.74) is 3.38. The van der Waals surface area contributed by atoms with E-state index in [1.54, 1.807) is 36.4 Å². The van der Waals surface area contributed by atoms with Gasteiger partial charge in [-0.15, -0.1) is 0 Å². The molecule has 3 aromatic rings.